The molecule has 1 rings (SSSR count). The lowest BCUT2D eigenvalue weighted by molar-refractivity contribution is 0.0976. The van der Waals surface area contributed by atoms with Crippen LogP contribution in [0.15, 0.2) is 0 Å². The molecular weight excluding hydrogens is 152 g/mol. The Labute approximate surface area is 74.9 Å². The molecule has 0 spiro atoms. The van der Waals surface area contributed by atoms with Gasteiger partial charge in [0.05, 0.1) is 0 Å². The van der Waals surface area contributed by atoms with Crippen LogP contribution in [0.4, 0.5) is 0 Å². The van der Waals surface area contributed by atoms with Crippen molar-refractivity contribution in [3.8, 4) is 0 Å². The molecule has 0 aromatic heterocycles. The molecule has 0 aliphatic heterocycles. The number of rotatable bonds is 7. The molecule has 12 heavy (non-hydrogen) atoms. The maximum absolute atomic E-state index is 9.00. The molecule has 1 N–H and O–H groups in total. The number of hydrogen-bond donors (Lipinski definition) is 1. The standard InChI is InChI=1S/C10H20O2/c1-2-3-7-12-8-6-10(9-11)4-5-10/h11H,2-9H2,1H3. The van der Waals surface area contributed by atoms with E-state index in [-0.39, 0.29) is 5.41 Å². The van der Waals surface area contributed by atoms with E-state index in [1.807, 2.05) is 0 Å². The first-order valence-electron chi connectivity index (χ1n) is 5.01. The minimum absolute atomic E-state index is 0.270. The number of unbranched alkanes of at least 4 members (excludes halogenated alkanes) is 1. The summed E-state index contributed by atoms with van der Waals surface area (Å²) in [4.78, 5) is 0. The Morgan fingerprint density at radius 3 is 2.58 bits per heavy atom. The van der Waals surface area contributed by atoms with Gasteiger partial charge in [-0.05, 0) is 31.1 Å². The fraction of sp³-hybridized carbons (Fsp3) is 1.00. The van der Waals surface area contributed by atoms with Gasteiger partial charge in [-0.25, -0.2) is 0 Å². The second-order valence-corrected chi connectivity index (χ2v) is 3.87. The summed E-state index contributed by atoms with van der Waals surface area (Å²) in [6, 6.07) is 0. The van der Waals surface area contributed by atoms with Gasteiger partial charge in [-0.2, -0.15) is 0 Å². The monoisotopic (exact) mass is 172 g/mol. The van der Waals surface area contributed by atoms with Gasteiger partial charge in [-0.15, -0.1) is 0 Å². The van der Waals surface area contributed by atoms with Crippen molar-refractivity contribution >= 4 is 0 Å². The van der Waals surface area contributed by atoms with E-state index in [0.29, 0.717) is 6.61 Å². The zero-order valence-corrected chi connectivity index (χ0v) is 8.01. The molecule has 0 atom stereocenters. The van der Waals surface area contributed by atoms with Crippen molar-refractivity contribution in [2.45, 2.75) is 39.0 Å². The van der Waals surface area contributed by atoms with Gasteiger partial charge in [0.25, 0.3) is 0 Å². The summed E-state index contributed by atoms with van der Waals surface area (Å²) in [5, 5.41) is 9.00. The third-order valence-corrected chi connectivity index (χ3v) is 2.71. The van der Waals surface area contributed by atoms with Crippen molar-refractivity contribution in [3.63, 3.8) is 0 Å². The molecule has 0 aromatic rings. The third kappa shape index (κ3) is 3.11. The smallest absolute Gasteiger partial charge is 0.0488 e. The first-order valence-corrected chi connectivity index (χ1v) is 5.01. The summed E-state index contributed by atoms with van der Waals surface area (Å²) in [5.41, 5.74) is 0.270. The van der Waals surface area contributed by atoms with Gasteiger partial charge < -0.3 is 9.84 Å². The second-order valence-electron chi connectivity index (χ2n) is 3.87. The Morgan fingerprint density at radius 2 is 2.08 bits per heavy atom. The van der Waals surface area contributed by atoms with Gasteiger partial charge in [-0.3, -0.25) is 0 Å². The number of aliphatic hydroxyl groups is 1. The molecule has 72 valence electrons. The van der Waals surface area contributed by atoms with E-state index in [1.165, 1.54) is 19.3 Å². The van der Waals surface area contributed by atoms with Crippen LogP contribution >= 0.6 is 0 Å². The Morgan fingerprint density at radius 1 is 1.33 bits per heavy atom. The summed E-state index contributed by atoms with van der Waals surface area (Å²) in [6.07, 6.45) is 5.80. The molecule has 0 heterocycles. The quantitative estimate of drug-likeness (QED) is 0.595. The van der Waals surface area contributed by atoms with Gasteiger partial charge in [0.15, 0.2) is 0 Å². The molecule has 0 bridgehead atoms. The van der Waals surface area contributed by atoms with E-state index in [4.69, 9.17) is 9.84 Å². The summed E-state index contributed by atoms with van der Waals surface area (Å²) in [7, 11) is 0. The zero-order valence-electron chi connectivity index (χ0n) is 8.01. The van der Waals surface area contributed by atoms with Crippen LogP contribution in [-0.2, 0) is 4.74 Å². The van der Waals surface area contributed by atoms with Crippen molar-refractivity contribution in [1.29, 1.82) is 0 Å². The Hall–Kier alpha value is -0.0800. The molecule has 0 amide bonds. The number of hydrogen-bond acceptors (Lipinski definition) is 2. The number of aliphatic hydroxyl groups excluding tert-OH is 1. The Kier molecular flexibility index (Phi) is 4.02. The Balaban J connectivity index is 1.89. The predicted octanol–water partition coefficient (Wildman–Crippen LogP) is 1.97. The largest absolute Gasteiger partial charge is 0.396 e. The minimum atomic E-state index is 0.270. The first kappa shape index (κ1) is 10.0. The Bertz CT molecular complexity index is 119. The highest BCUT2D eigenvalue weighted by Crippen LogP contribution is 2.48. The van der Waals surface area contributed by atoms with Crippen LogP contribution in [0.25, 0.3) is 0 Å². The molecule has 1 aliphatic rings. The molecule has 2 heteroatoms. The van der Waals surface area contributed by atoms with Crippen LogP contribution in [0.1, 0.15) is 39.0 Å². The third-order valence-electron chi connectivity index (χ3n) is 2.71. The van der Waals surface area contributed by atoms with E-state index in [1.54, 1.807) is 0 Å². The van der Waals surface area contributed by atoms with Crippen molar-refractivity contribution in [1.82, 2.24) is 0 Å². The lowest BCUT2D eigenvalue weighted by Crippen LogP contribution is -2.10. The van der Waals surface area contributed by atoms with Gasteiger partial charge in [-0.1, -0.05) is 13.3 Å². The topological polar surface area (TPSA) is 29.5 Å². The van der Waals surface area contributed by atoms with Crippen molar-refractivity contribution in [2.24, 2.45) is 5.41 Å². The zero-order chi connectivity index (χ0) is 8.86. The minimum Gasteiger partial charge on any atom is -0.396 e. The fourth-order valence-electron chi connectivity index (χ4n) is 1.30. The lowest BCUT2D eigenvalue weighted by Gasteiger charge is -2.10. The average Bonchev–Trinajstić information content (AvgIpc) is 2.85. The first-order chi connectivity index (χ1) is 5.83. The van der Waals surface area contributed by atoms with Gasteiger partial charge >= 0.3 is 0 Å². The van der Waals surface area contributed by atoms with Crippen LogP contribution in [0.2, 0.25) is 0 Å². The van der Waals surface area contributed by atoms with Crippen LogP contribution in [-0.4, -0.2) is 24.9 Å². The molecule has 0 unspecified atom stereocenters. The number of ether oxygens (including phenoxy) is 1. The van der Waals surface area contributed by atoms with Crippen molar-refractivity contribution < 1.29 is 9.84 Å². The maximum atomic E-state index is 9.00. The van der Waals surface area contributed by atoms with Gasteiger partial charge in [0, 0.05) is 19.8 Å². The molecule has 0 radical (unpaired) electrons. The molecule has 1 saturated carbocycles. The molecule has 0 aromatic carbocycles. The van der Waals surface area contributed by atoms with Crippen LogP contribution < -0.4 is 0 Å². The average molecular weight is 172 g/mol. The van der Waals surface area contributed by atoms with E-state index in [2.05, 4.69) is 6.92 Å². The summed E-state index contributed by atoms with van der Waals surface area (Å²) in [6.45, 7) is 4.24. The normalized spacial score (nSPS) is 19.5. The molecule has 1 aliphatic carbocycles. The fourth-order valence-corrected chi connectivity index (χ4v) is 1.30. The summed E-state index contributed by atoms with van der Waals surface area (Å²) >= 11 is 0. The van der Waals surface area contributed by atoms with E-state index in [0.717, 1.165) is 26.1 Å². The second kappa shape index (κ2) is 4.83. The van der Waals surface area contributed by atoms with Gasteiger partial charge in [0.1, 0.15) is 0 Å². The molecule has 2 nitrogen and oxygen atoms in total. The van der Waals surface area contributed by atoms with E-state index in [9.17, 15) is 0 Å². The molecule has 0 saturated heterocycles. The predicted molar refractivity (Wildman–Crippen MR) is 49.1 cm³/mol. The highest BCUT2D eigenvalue weighted by molar-refractivity contribution is 4.91. The maximum Gasteiger partial charge on any atom is 0.0488 e. The summed E-state index contributed by atoms with van der Waals surface area (Å²) < 4.78 is 5.44. The van der Waals surface area contributed by atoms with Crippen molar-refractivity contribution in [2.75, 3.05) is 19.8 Å². The van der Waals surface area contributed by atoms with Crippen LogP contribution in [0.5, 0.6) is 0 Å². The highest BCUT2D eigenvalue weighted by atomic mass is 16.5. The SMILES string of the molecule is CCCCOCCC1(CO)CC1. The van der Waals surface area contributed by atoms with Crippen LogP contribution in [0.3, 0.4) is 0 Å². The highest BCUT2D eigenvalue weighted by Gasteiger charge is 2.41. The molecular formula is C10H20O2. The van der Waals surface area contributed by atoms with E-state index < -0.39 is 0 Å². The van der Waals surface area contributed by atoms with Crippen LogP contribution in [0, 0.1) is 5.41 Å². The lowest BCUT2D eigenvalue weighted by atomic mass is 10.1. The summed E-state index contributed by atoms with van der Waals surface area (Å²) in [5.74, 6) is 0. The van der Waals surface area contributed by atoms with Gasteiger partial charge in [0.2, 0.25) is 0 Å². The molecule has 1 fully saturated rings. The van der Waals surface area contributed by atoms with Crippen molar-refractivity contribution in [3.05, 3.63) is 0 Å². The van der Waals surface area contributed by atoms with E-state index >= 15 is 0 Å².